The number of carbonyl (C=O) groups excluding carboxylic acids is 2. The van der Waals surface area contributed by atoms with Gasteiger partial charge in [-0.2, -0.15) is 0 Å². The van der Waals surface area contributed by atoms with E-state index in [9.17, 15) is 9.59 Å². The highest BCUT2D eigenvalue weighted by Gasteiger charge is 2.23. The molecule has 1 aromatic heterocycles. The number of hydrogen-bond donors (Lipinski definition) is 1. The minimum atomic E-state index is -0.370. The van der Waals surface area contributed by atoms with Crippen LogP contribution in [0.2, 0.25) is 0 Å². The van der Waals surface area contributed by atoms with Crippen molar-refractivity contribution in [2.45, 2.75) is 33.2 Å². The number of urea groups is 1. The number of aryl methyl sites for hydroxylation is 1. The second-order valence-corrected chi connectivity index (χ2v) is 10.6. The van der Waals surface area contributed by atoms with Crippen molar-refractivity contribution in [3.63, 3.8) is 0 Å². The van der Waals surface area contributed by atoms with Crippen molar-refractivity contribution in [3.05, 3.63) is 63.8 Å². The number of nitrogens with zero attached hydrogens (tertiary/aromatic N) is 2. The predicted molar refractivity (Wildman–Crippen MR) is 158 cm³/mol. The van der Waals surface area contributed by atoms with Gasteiger partial charge in [0.05, 0.1) is 40.7 Å². The van der Waals surface area contributed by atoms with Gasteiger partial charge in [-0.1, -0.05) is 13.0 Å². The molecule has 0 aliphatic carbocycles. The highest BCUT2D eigenvalue weighted by molar-refractivity contribution is 7.11. The van der Waals surface area contributed by atoms with Gasteiger partial charge in [0, 0.05) is 28.9 Å². The zero-order valence-corrected chi connectivity index (χ0v) is 24.9. The Kier molecular flexibility index (Phi) is 11.5. The van der Waals surface area contributed by atoms with Crippen LogP contribution in [0.5, 0.6) is 23.0 Å². The van der Waals surface area contributed by atoms with Gasteiger partial charge in [0.25, 0.3) is 0 Å². The van der Waals surface area contributed by atoms with E-state index in [1.54, 1.807) is 50.9 Å². The Balaban J connectivity index is 1.76. The van der Waals surface area contributed by atoms with Crippen LogP contribution in [0.15, 0.2) is 48.5 Å². The topological polar surface area (TPSA) is 89.6 Å². The summed E-state index contributed by atoms with van der Waals surface area (Å²) < 4.78 is 21.5. The van der Waals surface area contributed by atoms with Gasteiger partial charge in [-0.3, -0.25) is 4.79 Å². The van der Waals surface area contributed by atoms with Crippen LogP contribution in [0.4, 0.5) is 10.5 Å². The average Bonchev–Trinajstić information content (AvgIpc) is 3.39. The molecule has 3 rings (SSSR count). The molecule has 0 radical (unpaired) electrons. The summed E-state index contributed by atoms with van der Waals surface area (Å²) in [5.41, 5.74) is 1.52. The van der Waals surface area contributed by atoms with E-state index in [2.05, 4.69) is 11.4 Å². The molecular formula is C30H39N3O6S. The summed E-state index contributed by atoms with van der Waals surface area (Å²) in [6.07, 6.45) is 1.33. The third kappa shape index (κ3) is 8.29. The van der Waals surface area contributed by atoms with Crippen molar-refractivity contribution in [1.82, 2.24) is 9.80 Å². The van der Waals surface area contributed by atoms with Crippen LogP contribution in [0.3, 0.4) is 0 Å². The summed E-state index contributed by atoms with van der Waals surface area (Å²) >= 11 is 1.66. The highest BCUT2D eigenvalue weighted by Crippen LogP contribution is 2.30. The third-order valence-corrected chi connectivity index (χ3v) is 7.36. The number of thiophene rings is 1. The second-order valence-electron chi connectivity index (χ2n) is 9.18. The standard InChI is InChI=1S/C30H39N3O6S/c1-7-15-33(30(35)31-25-12-10-23(36-3)18-27(25)38-5)20-29(34)32(19-24-11-8-21(2)40-24)16-14-22-9-13-26(37-4)28(17-22)39-6/h8-13,17-18H,7,14-16,19-20H2,1-6H3,(H,31,35). The van der Waals surface area contributed by atoms with Gasteiger partial charge in [-0.05, 0) is 61.7 Å². The summed E-state index contributed by atoms with van der Waals surface area (Å²) in [7, 11) is 6.30. The Morgan fingerprint density at radius 3 is 2.20 bits per heavy atom. The maximum Gasteiger partial charge on any atom is 0.322 e. The first kappa shape index (κ1) is 30.6. The first-order chi connectivity index (χ1) is 19.3. The Bertz CT molecular complexity index is 1280. The zero-order chi connectivity index (χ0) is 29.1. The SMILES string of the molecule is CCCN(CC(=O)N(CCc1ccc(OC)c(OC)c1)Cc1ccc(C)s1)C(=O)Nc1ccc(OC)cc1OC. The van der Waals surface area contributed by atoms with Crippen molar-refractivity contribution in [1.29, 1.82) is 0 Å². The van der Waals surface area contributed by atoms with E-state index in [-0.39, 0.29) is 18.5 Å². The fourth-order valence-corrected chi connectivity index (χ4v) is 5.14. The quantitative estimate of drug-likeness (QED) is 0.272. The molecule has 0 atom stereocenters. The van der Waals surface area contributed by atoms with Crippen molar-refractivity contribution >= 4 is 29.0 Å². The van der Waals surface area contributed by atoms with Gasteiger partial charge in [0.1, 0.15) is 18.0 Å². The van der Waals surface area contributed by atoms with Gasteiger partial charge in [-0.15, -0.1) is 11.3 Å². The number of nitrogens with one attached hydrogen (secondary N) is 1. The number of amides is 3. The summed E-state index contributed by atoms with van der Waals surface area (Å²) in [5.74, 6) is 2.26. The number of hydrogen-bond acceptors (Lipinski definition) is 7. The Hall–Kier alpha value is -3.92. The lowest BCUT2D eigenvalue weighted by Gasteiger charge is -2.28. The van der Waals surface area contributed by atoms with Crippen molar-refractivity contribution in [2.24, 2.45) is 0 Å². The molecule has 1 N–H and O–H groups in total. The zero-order valence-electron chi connectivity index (χ0n) is 24.1. The lowest BCUT2D eigenvalue weighted by atomic mass is 10.1. The largest absolute Gasteiger partial charge is 0.497 e. The highest BCUT2D eigenvalue weighted by atomic mass is 32.1. The minimum Gasteiger partial charge on any atom is -0.497 e. The van der Waals surface area contributed by atoms with E-state index >= 15 is 0 Å². The lowest BCUT2D eigenvalue weighted by molar-refractivity contribution is -0.132. The minimum absolute atomic E-state index is 0.0472. The van der Waals surface area contributed by atoms with E-state index in [4.69, 9.17) is 18.9 Å². The summed E-state index contributed by atoms with van der Waals surface area (Å²) in [6.45, 7) is 5.36. The maximum absolute atomic E-state index is 13.7. The number of methoxy groups -OCH3 is 4. The molecule has 0 unspecified atom stereocenters. The molecule has 0 aliphatic rings. The molecule has 3 amide bonds. The Morgan fingerprint density at radius 2 is 1.57 bits per heavy atom. The van der Waals surface area contributed by atoms with Crippen molar-refractivity contribution in [3.8, 4) is 23.0 Å². The summed E-state index contributed by atoms with van der Waals surface area (Å²) in [6, 6.07) is 14.6. The van der Waals surface area contributed by atoms with E-state index in [1.165, 1.54) is 16.9 Å². The molecule has 0 bridgehead atoms. The van der Waals surface area contributed by atoms with Crippen LogP contribution in [-0.2, 0) is 17.8 Å². The molecular weight excluding hydrogens is 530 g/mol. The van der Waals surface area contributed by atoms with E-state index in [0.29, 0.717) is 61.2 Å². The molecule has 0 aliphatic heterocycles. The molecule has 0 spiro atoms. The molecule has 9 nitrogen and oxygen atoms in total. The molecule has 2 aromatic carbocycles. The normalized spacial score (nSPS) is 10.6. The summed E-state index contributed by atoms with van der Waals surface area (Å²) in [4.78, 5) is 32.6. The number of rotatable bonds is 14. The van der Waals surface area contributed by atoms with Gasteiger partial charge < -0.3 is 34.1 Å². The van der Waals surface area contributed by atoms with Crippen LogP contribution in [0, 0.1) is 6.92 Å². The fraction of sp³-hybridized carbons (Fsp3) is 0.400. The number of anilines is 1. The van der Waals surface area contributed by atoms with Crippen LogP contribution in [0.25, 0.3) is 0 Å². The lowest BCUT2D eigenvalue weighted by Crippen LogP contribution is -2.45. The van der Waals surface area contributed by atoms with Crippen molar-refractivity contribution < 1.29 is 28.5 Å². The van der Waals surface area contributed by atoms with E-state index < -0.39 is 0 Å². The number of ether oxygens (including phenoxy) is 4. The maximum atomic E-state index is 13.7. The molecule has 0 saturated carbocycles. The van der Waals surface area contributed by atoms with Gasteiger partial charge in [-0.25, -0.2) is 4.79 Å². The first-order valence-corrected chi connectivity index (χ1v) is 13.9. The van der Waals surface area contributed by atoms with Crippen LogP contribution < -0.4 is 24.3 Å². The van der Waals surface area contributed by atoms with E-state index in [0.717, 1.165) is 10.4 Å². The van der Waals surface area contributed by atoms with Crippen LogP contribution in [-0.4, -0.2) is 69.8 Å². The van der Waals surface area contributed by atoms with Gasteiger partial charge in [0.2, 0.25) is 5.91 Å². The second kappa shape index (κ2) is 15.0. The number of carbonyl (C=O) groups is 2. The molecule has 216 valence electrons. The van der Waals surface area contributed by atoms with E-state index in [1.807, 2.05) is 43.0 Å². The molecule has 3 aromatic rings. The smallest absolute Gasteiger partial charge is 0.322 e. The molecule has 0 fully saturated rings. The fourth-order valence-electron chi connectivity index (χ4n) is 4.23. The first-order valence-electron chi connectivity index (χ1n) is 13.1. The predicted octanol–water partition coefficient (Wildman–Crippen LogP) is 5.61. The Labute approximate surface area is 240 Å². The average molecular weight is 570 g/mol. The molecule has 40 heavy (non-hydrogen) atoms. The number of benzene rings is 2. The van der Waals surface area contributed by atoms with Crippen molar-refractivity contribution in [2.75, 3.05) is 53.4 Å². The van der Waals surface area contributed by atoms with Crippen LogP contribution >= 0.6 is 11.3 Å². The summed E-state index contributed by atoms with van der Waals surface area (Å²) in [5, 5.41) is 2.89. The van der Waals surface area contributed by atoms with Gasteiger partial charge in [0.15, 0.2) is 11.5 Å². The molecule has 10 heteroatoms. The molecule has 1 heterocycles. The van der Waals surface area contributed by atoms with Gasteiger partial charge >= 0.3 is 6.03 Å². The Morgan fingerprint density at radius 1 is 0.825 bits per heavy atom. The monoisotopic (exact) mass is 569 g/mol. The molecule has 0 saturated heterocycles. The third-order valence-electron chi connectivity index (χ3n) is 6.37. The van der Waals surface area contributed by atoms with Crippen LogP contribution in [0.1, 0.15) is 28.7 Å².